The van der Waals surface area contributed by atoms with Crippen molar-refractivity contribution < 1.29 is 23.5 Å². The van der Waals surface area contributed by atoms with Gasteiger partial charge in [-0.1, -0.05) is 17.7 Å². The number of likely N-dealkylation sites (tertiary alicyclic amines) is 1. The van der Waals surface area contributed by atoms with Gasteiger partial charge in [0.1, 0.15) is 12.4 Å². The van der Waals surface area contributed by atoms with Crippen LogP contribution in [0.2, 0.25) is 0 Å². The fraction of sp³-hybridized carbons (Fsp3) is 0.400. The van der Waals surface area contributed by atoms with Crippen molar-refractivity contribution in [3.63, 3.8) is 0 Å². The second kappa shape index (κ2) is 6.64. The lowest BCUT2D eigenvalue weighted by atomic mass is 10.0. The van der Waals surface area contributed by atoms with Gasteiger partial charge in [0.2, 0.25) is 0 Å². The molecule has 27 heavy (non-hydrogen) atoms. The highest BCUT2D eigenvalue weighted by Gasteiger charge is 2.49. The van der Waals surface area contributed by atoms with Gasteiger partial charge in [-0.2, -0.15) is 0 Å². The van der Waals surface area contributed by atoms with Gasteiger partial charge in [0, 0.05) is 20.0 Å². The van der Waals surface area contributed by atoms with Crippen LogP contribution < -0.4 is 4.74 Å². The average molecular weight is 370 g/mol. The summed E-state index contributed by atoms with van der Waals surface area (Å²) in [7, 11) is 1.71. The molecule has 142 valence electrons. The van der Waals surface area contributed by atoms with Gasteiger partial charge in [-0.3, -0.25) is 4.79 Å². The number of amides is 2. The summed E-state index contributed by atoms with van der Waals surface area (Å²) in [6.07, 6.45) is 1.80. The molecule has 0 bridgehead atoms. The van der Waals surface area contributed by atoms with E-state index in [-0.39, 0.29) is 18.6 Å². The maximum absolute atomic E-state index is 12.9. The van der Waals surface area contributed by atoms with E-state index in [1.54, 1.807) is 22.9 Å². The third-order valence-electron chi connectivity index (χ3n) is 5.11. The molecule has 3 heterocycles. The maximum atomic E-state index is 12.9. The van der Waals surface area contributed by atoms with E-state index in [1.165, 1.54) is 6.26 Å². The summed E-state index contributed by atoms with van der Waals surface area (Å²) in [5.41, 5.74) is 1.04. The largest absolute Gasteiger partial charge is 0.486 e. The average Bonchev–Trinajstić information content (AvgIpc) is 3.34. The van der Waals surface area contributed by atoms with Crippen LogP contribution in [-0.4, -0.2) is 54.1 Å². The molecule has 2 aliphatic rings. The molecule has 0 aliphatic carbocycles. The highest BCUT2D eigenvalue weighted by molar-refractivity contribution is 5.95. The number of carbonyl (C=O) groups excluding carboxylic acids is 2. The lowest BCUT2D eigenvalue weighted by Gasteiger charge is -2.21. The Morgan fingerprint density at radius 3 is 2.70 bits per heavy atom. The number of furan rings is 1. The molecule has 1 aromatic carbocycles. The first-order valence-electron chi connectivity index (χ1n) is 8.95. The van der Waals surface area contributed by atoms with E-state index >= 15 is 0 Å². The molecule has 4 rings (SSSR count). The van der Waals surface area contributed by atoms with Crippen LogP contribution in [0.15, 0.2) is 41.0 Å². The van der Waals surface area contributed by atoms with Gasteiger partial charge in [-0.25, -0.2) is 4.79 Å². The molecule has 2 aromatic rings. The van der Waals surface area contributed by atoms with Crippen molar-refractivity contribution in [2.75, 3.05) is 26.7 Å². The number of likely N-dealkylation sites (N-methyl/N-ethyl adjacent to an activating group) is 1. The number of hydrogen-bond donors (Lipinski definition) is 0. The number of rotatable bonds is 4. The summed E-state index contributed by atoms with van der Waals surface area (Å²) < 4.78 is 16.7. The van der Waals surface area contributed by atoms with Gasteiger partial charge in [-0.05, 0) is 25.1 Å². The van der Waals surface area contributed by atoms with Crippen LogP contribution >= 0.6 is 0 Å². The van der Waals surface area contributed by atoms with Gasteiger partial charge in [0.15, 0.2) is 11.4 Å². The van der Waals surface area contributed by atoms with Crippen LogP contribution in [0.25, 0.3) is 0 Å². The standard InChI is InChI=1S/C20H22N2O5/c1-14-3-5-15(6-4-14)26-11-17-16(7-10-25-17)18(23)22-9-8-20(13-22)12-21(2)19(24)27-20/h3-7,10H,8-9,11-13H2,1-2H3/t20-/m0/s1. The lowest BCUT2D eigenvalue weighted by molar-refractivity contribution is 0.0551. The molecule has 2 saturated heterocycles. The molecule has 0 unspecified atom stereocenters. The fourth-order valence-electron chi connectivity index (χ4n) is 3.62. The molecular formula is C20H22N2O5. The summed E-state index contributed by atoms with van der Waals surface area (Å²) in [5.74, 6) is 1.08. The Morgan fingerprint density at radius 1 is 1.22 bits per heavy atom. The zero-order valence-corrected chi connectivity index (χ0v) is 15.4. The van der Waals surface area contributed by atoms with Crippen LogP contribution in [0.5, 0.6) is 5.75 Å². The predicted molar refractivity (Wildman–Crippen MR) is 96.6 cm³/mol. The second-order valence-electron chi connectivity index (χ2n) is 7.24. The molecule has 0 N–H and O–H groups in total. The Morgan fingerprint density at radius 2 is 2.00 bits per heavy atom. The zero-order valence-electron chi connectivity index (χ0n) is 15.4. The molecule has 1 spiro atoms. The summed E-state index contributed by atoms with van der Waals surface area (Å²) >= 11 is 0. The topological polar surface area (TPSA) is 72.2 Å². The number of aryl methyl sites for hydroxylation is 1. The molecule has 0 radical (unpaired) electrons. The summed E-state index contributed by atoms with van der Waals surface area (Å²) in [5, 5.41) is 0. The predicted octanol–water partition coefficient (Wildman–Crippen LogP) is 2.83. The smallest absolute Gasteiger partial charge is 0.410 e. The number of carbonyl (C=O) groups is 2. The van der Waals surface area contributed by atoms with E-state index in [0.717, 1.165) is 11.3 Å². The Hall–Kier alpha value is -2.96. The minimum atomic E-state index is -0.593. The highest BCUT2D eigenvalue weighted by atomic mass is 16.6. The molecule has 0 saturated carbocycles. The van der Waals surface area contributed by atoms with Gasteiger partial charge >= 0.3 is 6.09 Å². The van der Waals surface area contributed by atoms with Crippen molar-refractivity contribution in [1.29, 1.82) is 0 Å². The SMILES string of the molecule is Cc1ccc(OCc2occc2C(=O)N2CC[C@]3(CN(C)C(=O)O3)C2)cc1. The Bertz CT molecular complexity index is 860. The van der Waals surface area contributed by atoms with Gasteiger partial charge in [0.05, 0.1) is 24.9 Å². The van der Waals surface area contributed by atoms with Crippen molar-refractivity contribution in [1.82, 2.24) is 9.80 Å². The molecule has 1 atom stereocenters. The molecule has 7 heteroatoms. The molecule has 1 aromatic heterocycles. The van der Waals surface area contributed by atoms with Gasteiger partial charge in [-0.15, -0.1) is 0 Å². The molecule has 2 amide bonds. The van der Waals surface area contributed by atoms with Crippen LogP contribution in [0.4, 0.5) is 4.79 Å². The van der Waals surface area contributed by atoms with Crippen LogP contribution in [-0.2, 0) is 11.3 Å². The first kappa shape index (κ1) is 17.5. The van der Waals surface area contributed by atoms with Crippen LogP contribution in [0, 0.1) is 6.92 Å². The third-order valence-corrected chi connectivity index (χ3v) is 5.11. The number of ether oxygens (including phenoxy) is 2. The van der Waals surface area contributed by atoms with E-state index in [2.05, 4.69) is 0 Å². The summed E-state index contributed by atoms with van der Waals surface area (Å²) in [6, 6.07) is 9.36. The highest BCUT2D eigenvalue weighted by Crippen LogP contribution is 2.33. The van der Waals surface area contributed by atoms with Crippen molar-refractivity contribution >= 4 is 12.0 Å². The minimum absolute atomic E-state index is 0.131. The summed E-state index contributed by atoms with van der Waals surface area (Å²) in [4.78, 5) is 27.9. The van der Waals surface area contributed by atoms with E-state index in [0.29, 0.717) is 37.4 Å². The third kappa shape index (κ3) is 3.37. The fourth-order valence-corrected chi connectivity index (χ4v) is 3.62. The first-order valence-corrected chi connectivity index (χ1v) is 8.95. The molecule has 2 fully saturated rings. The Balaban J connectivity index is 1.42. The minimum Gasteiger partial charge on any atom is -0.486 e. The molecule has 2 aliphatic heterocycles. The number of benzene rings is 1. The quantitative estimate of drug-likeness (QED) is 0.828. The first-order chi connectivity index (χ1) is 13.0. The molecular weight excluding hydrogens is 348 g/mol. The monoisotopic (exact) mass is 370 g/mol. The van der Waals surface area contributed by atoms with Crippen molar-refractivity contribution in [3.8, 4) is 5.75 Å². The molecule has 7 nitrogen and oxygen atoms in total. The second-order valence-corrected chi connectivity index (χ2v) is 7.24. The van der Waals surface area contributed by atoms with E-state index in [1.807, 2.05) is 31.2 Å². The van der Waals surface area contributed by atoms with Crippen LogP contribution in [0.3, 0.4) is 0 Å². The van der Waals surface area contributed by atoms with E-state index < -0.39 is 5.60 Å². The van der Waals surface area contributed by atoms with Gasteiger partial charge in [0.25, 0.3) is 5.91 Å². The van der Waals surface area contributed by atoms with Crippen LogP contribution in [0.1, 0.15) is 28.1 Å². The number of nitrogens with zero attached hydrogens (tertiary/aromatic N) is 2. The lowest BCUT2D eigenvalue weighted by Crippen LogP contribution is -2.39. The van der Waals surface area contributed by atoms with Gasteiger partial charge < -0.3 is 23.7 Å². The Kier molecular flexibility index (Phi) is 4.30. The zero-order chi connectivity index (χ0) is 19.0. The normalized spacial score (nSPS) is 21.8. The Labute approximate surface area is 157 Å². The van der Waals surface area contributed by atoms with E-state index in [4.69, 9.17) is 13.9 Å². The van der Waals surface area contributed by atoms with Crippen molar-refractivity contribution in [2.24, 2.45) is 0 Å². The number of hydrogen-bond acceptors (Lipinski definition) is 5. The van der Waals surface area contributed by atoms with Crippen molar-refractivity contribution in [2.45, 2.75) is 25.6 Å². The van der Waals surface area contributed by atoms with E-state index in [9.17, 15) is 9.59 Å². The maximum Gasteiger partial charge on any atom is 0.410 e. The van der Waals surface area contributed by atoms with Crippen molar-refractivity contribution in [3.05, 3.63) is 53.5 Å². The summed E-state index contributed by atoms with van der Waals surface area (Å²) in [6.45, 7) is 3.63.